The number of benzene rings is 1. The summed E-state index contributed by atoms with van der Waals surface area (Å²) in [7, 11) is -3.56. The summed E-state index contributed by atoms with van der Waals surface area (Å²) >= 11 is 0. The standard InChI is InChI=1S/C15H22N2O4S/c1-12(15(18)16-11-14-9-6-10-21-14)17(22(2,19)20)13-7-4-3-5-8-13/h3-5,7-8,12,14H,6,9-11H2,1-2H3,(H,16,18)/t12-,14+/m0/s1. The molecule has 0 spiro atoms. The van der Waals surface area contributed by atoms with E-state index in [2.05, 4.69) is 5.32 Å². The van der Waals surface area contributed by atoms with Crippen LogP contribution in [-0.2, 0) is 19.6 Å². The first-order valence-electron chi connectivity index (χ1n) is 7.33. The number of carbonyl (C=O) groups excluding carboxylic acids is 1. The lowest BCUT2D eigenvalue weighted by Crippen LogP contribution is -2.49. The van der Waals surface area contributed by atoms with Crippen LogP contribution in [0.5, 0.6) is 0 Å². The molecule has 7 heteroatoms. The summed E-state index contributed by atoms with van der Waals surface area (Å²) in [5.41, 5.74) is 0.477. The lowest BCUT2D eigenvalue weighted by molar-refractivity contribution is -0.122. The molecule has 1 aliphatic heterocycles. The van der Waals surface area contributed by atoms with E-state index in [0.717, 1.165) is 30.0 Å². The highest BCUT2D eigenvalue weighted by Gasteiger charge is 2.29. The quantitative estimate of drug-likeness (QED) is 0.850. The molecule has 2 atom stereocenters. The second-order valence-corrected chi connectivity index (χ2v) is 7.31. The Labute approximate surface area is 131 Å². The van der Waals surface area contributed by atoms with Gasteiger partial charge in [-0.25, -0.2) is 8.42 Å². The molecule has 0 saturated carbocycles. The summed E-state index contributed by atoms with van der Waals surface area (Å²) in [5, 5.41) is 2.78. The molecule has 1 aliphatic rings. The van der Waals surface area contributed by atoms with Crippen molar-refractivity contribution in [3.63, 3.8) is 0 Å². The number of rotatable bonds is 6. The highest BCUT2D eigenvalue weighted by molar-refractivity contribution is 7.92. The Balaban J connectivity index is 2.08. The van der Waals surface area contributed by atoms with Gasteiger partial charge in [-0.1, -0.05) is 18.2 Å². The van der Waals surface area contributed by atoms with Crippen molar-refractivity contribution >= 4 is 21.6 Å². The molecule has 1 amide bonds. The Hall–Kier alpha value is -1.60. The van der Waals surface area contributed by atoms with Gasteiger partial charge in [0, 0.05) is 13.2 Å². The highest BCUT2D eigenvalue weighted by Crippen LogP contribution is 2.20. The molecule has 22 heavy (non-hydrogen) atoms. The van der Waals surface area contributed by atoms with E-state index in [4.69, 9.17) is 4.74 Å². The smallest absolute Gasteiger partial charge is 0.243 e. The van der Waals surface area contributed by atoms with Gasteiger partial charge in [0.15, 0.2) is 0 Å². The topological polar surface area (TPSA) is 75.7 Å². The summed E-state index contributed by atoms with van der Waals surface area (Å²) in [6, 6.07) is 7.80. The predicted octanol–water partition coefficient (Wildman–Crippen LogP) is 1.14. The summed E-state index contributed by atoms with van der Waals surface area (Å²) in [4.78, 5) is 12.3. The predicted molar refractivity (Wildman–Crippen MR) is 85.2 cm³/mol. The molecule has 122 valence electrons. The largest absolute Gasteiger partial charge is 0.376 e. The minimum absolute atomic E-state index is 0.0274. The van der Waals surface area contributed by atoms with Crippen molar-refractivity contribution in [2.45, 2.75) is 31.9 Å². The summed E-state index contributed by atoms with van der Waals surface area (Å²) in [6.45, 7) is 2.71. The van der Waals surface area contributed by atoms with Gasteiger partial charge in [-0.15, -0.1) is 0 Å². The molecule has 0 unspecified atom stereocenters. The second kappa shape index (κ2) is 7.11. The van der Waals surface area contributed by atoms with Crippen molar-refractivity contribution in [3.8, 4) is 0 Å². The number of para-hydroxylation sites is 1. The van der Waals surface area contributed by atoms with Crippen LogP contribution in [0, 0.1) is 0 Å². The van der Waals surface area contributed by atoms with Crippen LogP contribution >= 0.6 is 0 Å². The molecule has 6 nitrogen and oxygen atoms in total. The van der Waals surface area contributed by atoms with E-state index in [-0.39, 0.29) is 12.0 Å². The van der Waals surface area contributed by atoms with Crippen molar-refractivity contribution in [3.05, 3.63) is 30.3 Å². The zero-order valence-corrected chi connectivity index (χ0v) is 13.7. The molecule has 1 aromatic rings. The van der Waals surface area contributed by atoms with Crippen LogP contribution in [0.15, 0.2) is 30.3 Å². The number of anilines is 1. The molecule has 1 aromatic carbocycles. The van der Waals surface area contributed by atoms with Crippen LogP contribution in [0.4, 0.5) is 5.69 Å². The lowest BCUT2D eigenvalue weighted by Gasteiger charge is -2.28. The van der Waals surface area contributed by atoms with E-state index in [0.29, 0.717) is 12.2 Å². The van der Waals surface area contributed by atoms with Crippen molar-refractivity contribution in [2.24, 2.45) is 0 Å². The molecule has 1 saturated heterocycles. The Morgan fingerprint density at radius 2 is 2.09 bits per heavy atom. The Kier molecular flexibility index (Phi) is 5.42. The molecule has 0 aromatic heterocycles. The molecule has 0 bridgehead atoms. The number of hydrogen-bond donors (Lipinski definition) is 1. The van der Waals surface area contributed by atoms with E-state index in [1.54, 1.807) is 37.3 Å². The van der Waals surface area contributed by atoms with E-state index in [1.165, 1.54) is 0 Å². The first-order chi connectivity index (χ1) is 10.4. The number of nitrogens with zero attached hydrogens (tertiary/aromatic N) is 1. The molecular weight excluding hydrogens is 304 g/mol. The van der Waals surface area contributed by atoms with E-state index >= 15 is 0 Å². The number of sulfonamides is 1. The van der Waals surface area contributed by atoms with Crippen molar-refractivity contribution in [2.75, 3.05) is 23.7 Å². The Bertz CT molecular complexity index is 597. The zero-order valence-electron chi connectivity index (χ0n) is 12.9. The monoisotopic (exact) mass is 326 g/mol. The number of ether oxygens (including phenoxy) is 1. The number of amides is 1. The maximum atomic E-state index is 12.3. The molecule has 1 fully saturated rings. The molecule has 1 N–H and O–H groups in total. The van der Waals surface area contributed by atoms with Gasteiger partial charge in [0.25, 0.3) is 0 Å². The van der Waals surface area contributed by atoms with Crippen LogP contribution in [0.2, 0.25) is 0 Å². The third-order valence-electron chi connectivity index (χ3n) is 3.63. The van der Waals surface area contributed by atoms with Crippen molar-refractivity contribution in [1.82, 2.24) is 5.32 Å². The van der Waals surface area contributed by atoms with Crippen LogP contribution < -0.4 is 9.62 Å². The maximum Gasteiger partial charge on any atom is 0.243 e. The number of nitrogens with one attached hydrogen (secondary N) is 1. The summed E-state index contributed by atoms with van der Waals surface area (Å²) < 4.78 is 30.7. The minimum Gasteiger partial charge on any atom is -0.376 e. The van der Waals surface area contributed by atoms with Gasteiger partial charge in [0.05, 0.1) is 18.0 Å². The second-order valence-electron chi connectivity index (χ2n) is 5.45. The first-order valence-corrected chi connectivity index (χ1v) is 9.18. The summed E-state index contributed by atoms with van der Waals surface area (Å²) in [6.07, 6.45) is 3.04. The van der Waals surface area contributed by atoms with E-state index in [9.17, 15) is 13.2 Å². The van der Waals surface area contributed by atoms with Crippen molar-refractivity contribution < 1.29 is 17.9 Å². The normalized spacial score (nSPS) is 19.6. The fourth-order valence-corrected chi connectivity index (χ4v) is 3.73. The molecular formula is C15H22N2O4S. The van der Waals surface area contributed by atoms with Gasteiger partial charge in [-0.3, -0.25) is 9.10 Å². The average Bonchev–Trinajstić information content (AvgIpc) is 2.97. The molecule has 0 aliphatic carbocycles. The van der Waals surface area contributed by atoms with E-state index < -0.39 is 16.1 Å². The zero-order chi connectivity index (χ0) is 16.2. The lowest BCUT2D eigenvalue weighted by atomic mass is 10.2. The van der Waals surface area contributed by atoms with Gasteiger partial charge in [0.2, 0.25) is 15.9 Å². The van der Waals surface area contributed by atoms with Gasteiger partial charge >= 0.3 is 0 Å². The van der Waals surface area contributed by atoms with Crippen LogP contribution in [0.25, 0.3) is 0 Å². The Morgan fingerprint density at radius 3 is 2.64 bits per heavy atom. The number of hydrogen-bond acceptors (Lipinski definition) is 4. The number of carbonyl (C=O) groups is 1. The SMILES string of the molecule is C[C@@H](C(=O)NC[C@H]1CCCO1)N(c1ccccc1)S(C)(=O)=O. The summed E-state index contributed by atoms with van der Waals surface area (Å²) in [5.74, 6) is -0.329. The van der Waals surface area contributed by atoms with Crippen LogP contribution in [0.3, 0.4) is 0 Å². The third kappa shape index (κ3) is 4.20. The van der Waals surface area contributed by atoms with Gasteiger partial charge in [0.1, 0.15) is 6.04 Å². The van der Waals surface area contributed by atoms with Gasteiger partial charge < -0.3 is 10.1 Å². The fraction of sp³-hybridized carbons (Fsp3) is 0.533. The molecule has 1 heterocycles. The minimum atomic E-state index is -3.56. The molecule has 2 rings (SSSR count). The fourth-order valence-electron chi connectivity index (χ4n) is 2.55. The third-order valence-corrected chi connectivity index (χ3v) is 4.87. The van der Waals surface area contributed by atoms with Gasteiger partial charge in [-0.05, 0) is 31.9 Å². The van der Waals surface area contributed by atoms with Crippen molar-refractivity contribution in [1.29, 1.82) is 0 Å². The highest BCUT2D eigenvalue weighted by atomic mass is 32.2. The average molecular weight is 326 g/mol. The van der Waals surface area contributed by atoms with Crippen LogP contribution in [-0.4, -0.2) is 45.9 Å². The van der Waals surface area contributed by atoms with E-state index in [1.807, 2.05) is 0 Å². The van der Waals surface area contributed by atoms with Crippen LogP contribution in [0.1, 0.15) is 19.8 Å². The molecule has 0 radical (unpaired) electrons. The Morgan fingerprint density at radius 1 is 1.41 bits per heavy atom. The first kappa shape index (κ1) is 16.8. The maximum absolute atomic E-state index is 12.3. The van der Waals surface area contributed by atoms with Gasteiger partial charge in [-0.2, -0.15) is 0 Å².